The summed E-state index contributed by atoms with van der Waals surface area (Å²) < 4.78 is 0. The minimum Gasteiger partial charge on any atom is -0.399 e. The summed E-state index contributed by atoms with van der Waals surface area (Å²) in [6.45, 7) is 0. The fourth-order valence-corrected chi connectivity index (χ4v) is 2.83. The second-order valence-corrected chi connectivity index (χ2v) is 4.84. The number of benzene rings is 1. The van der Waals surface area contributed by atoms with Crippen LogP contribution in [0, 0.1) is 0 Å². The van der Waals surface area contributed by atoms with E-state index in [2.05, 4.69) is 9.98 Å². The summed E-state index contributed by atoms with van der Waals surface area (Å²) in [5.74, 6) is 0. The van der Waals surface area contributed by atoms with E-state index in [1.807, 2.05) is 36.7 Å². The maximum Gasteiger partial charge on any atom is 0.103 e. The van der Waals surface area contributed by atoms with Gasteiger partial charge in [0.05, 0.1) is 6.04 Å². The number of nitrogens with zero attached hydrogens (tertiary/aromatic N) is 2. The van der Waals surface area contributed by atoms with Crippen molar-refractivity contribution in [2.45, 2.75) is 12.5 Å². The maximum atomic E-state index is 5.77. The monoisotopic (exact) mass is 229 g/mol. The molecule has 2 aliphatic rings. The second kappa shape index (κ2) is 3.79. The Balaban J connectivity index is 1.93. The summed E-state index contributed by atoms with van der Waals surface area (Å²) in [5, 5.41) is 1.05. The molecule has 0 saturated carbocycles. The molecule has 1 unspecified atom stereocenters. The summed E-state index contributed by atoms with van der Waals surface area (Å²) in [7, 11) is 0. The van der Waals surface area contributed by atoms with Crippen LogP contribution < -0.4 is 5.73 Å². The Bertz CT molecular complexity index is 517. The first kappa shape index (κ1) is 9.66. The van der Waals surface area contributed by atoms with Crippen molar-refractivity contribution in [2.75, 3.05) is 5.73 Å². The first-order valence-electron chi connectivity index (χ1n) is 5.16. The second-order valence-electron chi connectivity index (χ2n) is 3.78. The average Bonchev–Trinajstić information content (AvgIpc) is 2.72. The molecule has 3 rings (SSSR count). The van der Waals surface area contributed by atoms with Crippen molar-refractivity contribution in [2.24, 2.45) is 9.98 Å². The van der Waals surface area contributed by atoms with Crippen LogP contribution in [0.3, 0.4) is 0 Å². The molecule has 4 heteroatoms. The van der Waals surface area contributed by atoms with Gasteiger partial charge in [-0.1, -0.05) is 23.9 Å². The smallest absolute Gasteiger partial charge is 0.103 e. The predicted octanol–water partition coefficient (Wildman–Crippen LogP) is 2.45. The third kappa shape index (κ3) is 1.65. The largest absolute Gasteiger partial charge is 0.399 e. The van der Waals surface area contributed by atoms with Crippen LogP contribution in [0.1, 0.15) is 12.0 Å². The van der Waals surface area contributed by atoms with Crippen molar-refractivity contribution >= 4 is 28.7 Å². The van der Waals surface area contributed by atoms with Gasteiger partial charge in [-0.25, -0.2) is 0 Å². The molecule has 2 N–H and O–H groups in total. The van der Waals surface area contributed by atoms with E-state index in [4.69, 9.17) is 5.73 Å². The van der Waals surface area contributed by atoms with Crippen LogP contribution in [-0.4, -0.2) is 17.3 Å². The fraction of sp³-hybridized carbons (Fsp3) is 0.167. The molecule has 0 bridgehead atoms. The number of hydrogen-bond donors (Lipinski definition) is 1. The molecular formula is C12H11N3S. The van der Waals surface area contributed by atoms with Crippen LogP contribution in [0.5, 0.6) is 0 Å². The lowest BCUT2D eigenvalue weighted by molar-refractivity contribution is 0.856. The summed E-state index contributed by atoms with van der Waals surface area (Å²) in [6, 6.07) is 8.13. The molecule has 80 valence electrons. The Morgan fingerprint density at radius 1 is 1.38 bits per heavy atom. The quantitative estimate of drug-likeness (QED) is 0.752. The molecule has 1 atom stereocenters. The van der Waals surface area contributed by atoms with Crippen LogP contribution in [0.25, 0.3) is 0 Å². The van der Waals surface area contributed by atoms with Gasteiger partial charge in [0.2, 0.25) is 0 Å². The zero-order valence-corrected chi connectivity index (χ0v) is 9.45. The summed E-state index contributed by atoms with van der Waals surface area (Å²) in [4.78, 5) is 10.1. The molecule has 0 spiro atoms. The number of nitrogens with two attached hydrogens (primary N) is 1. The van der Waals surface area contributed by atoms with Gasteiger partial charge in [0.1, 0.15) is 5.04 Å². The summed E-state index contributed by atoms with van der Waals surface area (Å²) in [5.41, 5.74) is 7.65. The number of anilines is 1. The first-order valence-corrected chi connectivity index (χ1v) is 5.98. The molecule has 0 radical (unpaired) electrons. The molecule has 1 aromatic carbocycles. The van der Waals surface area contributed by atoms with E-state index in [1.165, 1.54) is 4.91 Å². The van der Waals surface area contributed by atoms with Crippen LogP contribution >= 0.6 is 11.8 Å². The minimum atomic E-state index is 0.277. The van der Waals surface area contributed by atoms with Gasteiger partial charge >= 0.3 is 0 Å². The lowest BCUT2D eigenvalue weighted by Crippen LogP contribution is -2.05. The lowest BCUT2D eigenvalue weighted by Gasteiger charge is -2.06. The van der Waals surface area contributed by atoms with Crippen molar-refractivity contribution in [3.05, 3.63) is 40.9 Å². The maximum absolute atomic E-state index is 5.77. The van der Waals surface area contributed by atoms with Gasteiger partial charge in [-0.15, -0.1) is 0 Å². The molecule has 0 aliphatic carbocycles. The van der Waals surface area contributed by atoms with Crippen molar-refractivity contribution in [3.8, 4) is 0 Å². The topological polar surface area (TPSA) is 50.7 Å². The highest BCUT2D eigenvalue weighted by Crippen LogP contribution is 2.36. The van der Waals surface area contributed by atoms with E-state index >= 15 is 0 Å². The van der Waals surface area contributed by atoms with Crippen LogP contribution in [0.4, 0.5) is 5.69 Å². The van der Waals surface area contributed by atoms with E-state index in [1.54, 1.807) is 11.8 Å². The summed E-state index contributed by atoms with van der Waals surface area (Å²) >= 11 is 1.70. The summed E-state index contributed by atoms with van der Waals surface area (Å²) in [6.07, 6.45) is 4.73. The zero-order valence-electron chi connectivity index (χ0n) is 8.63. The minimum absolute atomic E-state index is 0.277. The third-order valence-corrected chi connectivity index (χ3v) is 3.73. The van der Waals surface area contributed by atoms with Crippen LogP contribution in [0.15, 0.2) is 45.4 Å². The van der Waals surface area contributed by atoms with Gasteiger partial charge in [0.25, 0.3) is 0 Å². The number of hydrogen-bond acceptors (Lipinski definition) is 4. The molecule has 2 aliphatic heterocycles. The number of aliphatic imine (C=N–C) groups is 2. The highest BCUT2D eigenvalue weighted by Gasteiger charge is 2.25. The standard InChI is InChI=1S/C12H11N3S/c13-9-3-1-2-8(6-9)12-15-10-4-5-14-7-11(10)16-12/h1-3,5-7,10H,4,13H2. The van der Waals surface area contributed by atoms with Crippen molar-refractivity contribution in [1.82, 2.24) is 0 Å². The Morgan fingerprint density at radius 2 is 2.31 bits per heavy atom. The predicted molar refractivity (Wildman–Crippen MR) is 70.0 cm³/mol. The number of fused-ring (bicyclic) bond motifs is 1. The molecule has 0 amide bonds. The van der Waals surface area contributed by atoms with E-state index in [0.717, 1.165) is 22.7 Å². The van der Waals surface area contributed by atoms with Crippen molar-refractivity contribution in [3.63, 3.8) is 0 Å². The SMILES string of the molecule is Nc1cccc(C2=NC3CC=NC=C3S2)c1. The molecule has 0 fully saturated rings. The van der Waals surface area contributed by atoms with Crippen molar-refractivity contribution < 1.29 is 0 Å². The Hall–Kier alpha value is -1.55. The molecule has 1 aromatic rings. The molecule has 16 heavy (non-hydrogen) atoms. The third-order valence-electron chi connectivity index (χ3n) is 2.59. The molecule has 0 aromatic heterocycles. The van der Waals surface area contributed by atoms with Gasteiger partial charge in [-0.05, 0) is 12.1 Å². The van der Waals surface area contributed by atoms with Crippen molar-refractivity contribution in [1.29, 1.82) is 0 Å². The normalized spacial score (nSPS) is 22.6. The van der Waals surface area contributed by atoms with Gasteiger partial charge in [-0.3, -0.25) is 9.98 Å². The van der Waals surface area contributed by atoms with E-state index in [0.29, 0.717) is 0 Å². The molecule has 0 saturated heterocycles. The Kier molecular flexibility index (Phi) is 2.29. The number of nitrogen functional groups attached to an aromatic ring is 1. The van der Waals surface area contributed by atoms with E-state index in [9.17, 15) is 0 Å². The average molecular weight is 229 g/mol. The van der Waals surface area contributed by atoms with Gasteiger partial charge in [0.15, 0.2) is 0 Å². The van der Waals surface area contributed by atoms with Crippen LogP contribution in [-0.2, 0) is 0 Å². The van der Waals surface area contributed by atoms with Gasteiger partial charge < -0.3 is 5.73 Å². The molecule has 2 heterocycles. The molecular weight excluding hydrogens is 218 g/mol. The molecule has 3 nitrogen and oxygen atoms in total. The Morgan fingerprint density at radius 3 is 3.12 bits per heavy atom. The highest BCUT2D eigenvalue weighted by atomic mass is 32.2. The van der Waals surface area contributed by atoms with E-state index < -0.39 is 0 Å². The van der Waals surface area contributed by atoms with Crippen LogP contribution in [0.2, 0.25) is 0 Å². The highest BCUT2D eigenvalue weighted by molar-refractivity contribution is 8.18. The lowest BCUT2D eigenvalue weighted by atomic mass is 10.2. The van der Waals surface area contributed by atoms with Gasteiger partial charge in [-0.2, -0.15) is 0 Å². The number of rotatable bonds is 1. The van der Waals surface area contributed by atoms with Gasteiger partial charge in [0, 0.05) is 35.0 Å². The fourth-order valence-electron chi connectivity index (χ4n) is 1.78. The first-order chi connectivity index (χ1) is 7.83. The zero-order chi connectivity index (χ0) is 11.0. The number of thioether (sulfide) groups is 1. The van der Waals surface area contributed by atoms with E-state index in [-0.39, 0.29) is 6.04 Å². The Labute approximate surface area is 98.2 Å².